The average molecular weight is 347 g/mol. The largest absolute Gasteiger partial charge is 0.466 e. The molecule has 118 valence electrons. The van der Waals surface area contributed by atoms with Gasteiger partial charge < -0.3 is 4.42 Å². The van der Waals surface area contributed by atoms with Crippen molar-refractivity contribution in [2.24, 2.45) is 0 Å². The van der Waals surface area contributed by atoms with Gasteiger partial charge in [0.25, 0.3) is 15.9 Å². The van der Waals surface area contributed by atoms with Crippen LogP contribution in [0.2, 0.25) is 5.02 Å². The number of hydrogen-bond acceptors (Lipinski definition) is 4. The molecule has 0 bridgehead atoms. The zero-order valence-electron chi connectivity index (χ0n) is 11.6. The van der Waals surface area contributed by atoms with Crippen molar-refractivity contribution in [2.45, 2.75) is 18.7 Å². The third-order valence-electron chi connectivity index (χ3n) is 2.79. The van der Waals surface area contributed by atoms with Crippen LogP contribution in [0.15, 0.2) is 33.6 Å². The highest BCUT2D eigenvalue weighted by atomic mass is 35.5. The Bertz CT molecular complexity index is 833. The molecule has 0 atom stereocenters. The first-order chi connectivity index (χ1) is 10.2. The van der Waals surface area contributed by atoms with Gasteiger partial charge in [0.15, 0.2) is 0 Å². The Balaban J connectivity index is 2.14. The third-order valence-corrected chi connectivity index (χ3v) is 4.32. The lowest BCUT2D eigenvalue weighted by atomic mass is 10.2. The number of benzene rings is 1. The fourth-order valence-electron chi connectivity index (χ4n) is 1.74. The summed E-state index contributed by atoms with van der Waals surface area (Å²) in [6.07, 6.45) is 0. The molecular formula is C13H12ClFN2O4S. The lowest BCUT2D eigenvalue weighted by molar-refractivity contribution is 0.0943. The Labute approximate surface area is 131 Å². The Morgan fingerprint density at radius 1 is 1.27 bits per heavy atom. The van der Waals surface area contributed by atoms with Gasteiger partial charge in [-0.05, 0) is 38.1 Å². The molecule has 0 saturated heterocycles. The molecule has 1 amide bonds. The third kappa shape index (κ3) is 3.46. The maximum Gasteiger partial charge on any atom is 0.269 e. The van der Waals surface area contributed by atoms with Crippen LogP contribution < -0.4 is 10.3 Å². The number of aryl methyl sites for hydroxylation is 2. The molecule has 9 heteroatoms. The summed E-state index contributed by atoms with van der Waals surface area (Å²) in [6.45, 7) is 3.24. The molecule has 6 nitrogen and oxygen atoms in total. The fraction of sp³-hybridized carbons (Fsp3) is 0.154. The normalized spacial score (nSPS) is 11.5. The van der Waals surface area contributed by atoms with Crippen molar-refractivity contribution >= 4 is 27.5 Å². The summed E-state index contributed by atoms with van der Waals surface area (Å²) in [5, 5.41) is -0.337. The lowest BCUT2D eigenvalue weighted by Gasteiger charge is -2.08. The van der Waals surface area contributed by atoms with Gasteiger partial charge in [-0.2, -0.15) is 0 Å². The Morgan fingerprint density at radius 2 is 1.95 bits per heavy atom. The van der Waals surface area contributed by atoms with Crippen molar-refractivity contribution in [1.29, 1.82) is 0 Å². The quantitative estimate of drug-likeness (QED) is 0.831. The Morgan fingerprint density at radius 3 is 2.50 bits per heavy atom. The van der Waals surface area contributed by atoms with Gasteiger partial charge in [-0.3, -0.25) is 10.2 Å². The van der Waals surface area contributed by atoms with Gasteiger partial charge in [0.05, 0.1) is 15.5 Å². The van der Waals surface area contributed by atoms with Crippen LogP contribution in [0, 0.1) is 19.7 Å². The first kappa shape index (κ1) is 16.5. The van der Waals surface area contributed by atoms with Crippen molar-refractivity contribution in [3.05, 3.63) is 52.2 Å². The number of amides is 1. The van der Waals surface area contributed by atoms with Crippen LogP contribution in [-0.2, 0) is 10.0 Å². The molecule has 0 saturated carbocycles. The first-order valence-electron chi connectivity index (χ1n) is 6.05. The summed E-state index contributed by atoms with van der Waals surface area (Å²) in [5.41, 5.74) is 2.26. The maximum atomic E-state index is 13.0. The highest BCUT2D eigenvalue weighted by molar-refractivity contribution is 7.89. The predicted octanol–water partition coefficient (Wildman–Crippen LogP) is 2.31. The highest BCUT2D eigenvalue weighted by Crippen LogP contribution is 2.19. The van der Waals surface area contributed by atoms with E-state index in [4.69, 9.17) is 16.0 Å². The number of furan rings is 1. The van der Waals surface area contributed by atoms with Gasteiger partial charge in [0, 0.05) is 0 Å². The van der Waals surface area contributed by atoms with E-state index in [0.717, 1.165) is 18.2 Å². The molecule has 0 aliphatic heterocycles. The van der Waals surface area contributed by atoms with E-state index in [0.29, 0.717) is 11.5 Å². The van der Waals surface area contributed by atoms with E-state index in [1.165, 1.54) is 6.07 Å². The van der Waals surface area contributed by atoms with E-state index in [-0.39, 0.29) is 15.5 Å². The topological polar surface area (TPSA) is 88.4 Å². The maximum absolute atomic E-state index is 13.0. The summed E-state index contributed by atoms with van der Waals surface area (Å²) in [7, 11) is -4.07. The minimum Gasteiger partial charge on any atom is -0.466 e. The summed E-state index contributed by atoms with van der Waals surface area (Å²) >= 11 is 5.54. The molecule has 2 aromatic rings. The molecule has 0 aliphatic carbocycles. The van der Waals surface area contributed by atoms with E-state index in [1.54, 1.807) is 13.8 Å². The van der Waals surface area contributed by atoms with E-state index >= 15 is 0 Å². The van der Waals surface area contributed by atoms with Gasteiger partial charge in [-0.15, -0.1) is 4.83 Å². The van der Waals surface area contributed by atoms with Crippen molar-refractivity contribution in [1.82, 2.24) is 10.3 Å². The molecule has 1 heterocycles. The van der Waals surface area contributed by atoms with E-state index in [1.807, 2.05) is 4.83 Å². The molecular weight excluding hydrogens is 335 g/mol. The van der Waals surface area contributed by atoms with Crippen LogP contribution in [0.25, 0.3) is 0 Å². The summed E-state index contributed by atoms with van der Waals surface area (Å²) in [6, 6.07) is 4.37. The minimum atomic E-state index is -4.07. The predicted molar refractivity (Wildman–Crippen MR) is 77.4 cm³/mol. The molecule has 22 heavy (non-hydrogen) atoms. The summed E-state index contributed by atoms with van der Waals surface area (Å²) in [4.78, 5) is 13.5. The number of nitrogens with one attached hydrogen (secondary N) is 2. The van der Waals surface area contributed by atoms with Crippen LogP contribution in [-0.4, -0.2) is 14.3 Å². The second kappa shape index (κ2) is 6.07. The number of sulfonamides is 1. The number of rotatable bonds is 4. The second-order valence-electron chi connectivity index (χ2n) is 4.46. The van der Waals surface area contributed by atoms with E-state index in [2.05, 4.69) is 5.43 Å². The smallest absolute Gasteiger partial charge is 0.269 e. The number of hydrazine groups is 1. The molecule has 2 N–H and O–H groups in total. The van der Waals surface area contributed by atoms with Gasteiger partial charge in [-0.25, -0.2) is 12.8 Å². The minimum absolute atomic E-state index is 0.206. The number of hydrogen-bond donors (Lipinski definition) is 2. The van der Waals surface area contributed by atoms with Crippen LogP contribution in [0.3, 0.4) is 0 Å². The van der Waals surface area contributed by atoms with Crippen molar-refractivity contribution in [3.8, 4) is 0 Å². The Kier molecular flexibility index (Phi) is 4.55. The second-order valence-corrected chi connectivity index (χ2v) is 6.55. The monoisotopic (exact) mass is 346 g/mol. The molecule has 1 aromatic carbocycles. The molecule has 0 radical (unpaired) electrons. The molecule has 0 spiro atoms. The highest BCUT2D eigenvalue weighted by Gasteiger charge is 2.19. The van der Waals surface area contributed by atoms with Crippen molar-refractivity contribution in [3.63, 3.8) is 0 Å². The SMILES string of the molecule is Cc1cc(C(=O)NNS(=O)(=O)c2ccc(F)c(Cl)c2)c(C)o1. The van der Waals surface area contributed by atoms with E-state index < -0.39 is 21.7 Å². The Hall–Kier alpha value is -1.90. The molecule has 0 aliphatic rings. The average Bonchev–Trinajstić information content (AvgIpc) is 2.78. The standard InChI is InChI=1S/C13H12ClFN2O4S/c1-7-5-10(8(2)21-7)13(18)16-17-22(19,20)9-3-4-12(15)11(14)6-9/h3-6,17H,1-2H3,(H,16,18). The zero-order chi connectivity index (χ0) is 16.5. The fourth-order valence-corrected chi connectivity index (χ4v) is 2.85. The van der Waals surface area contributed by atoms with Gasteiger partial charge in [0.1, 0.15) is 17.3 Å². The lowest BCUT2D eigenvalue weighted by Crippen LogP contribution is -2.41. The van der Waals surface area contributed by atoms with E-state index in [9.17, 15) is 17.6 Å². The zero-order valence-corrected chi connectivity index (χ0v) is 13.2. The number of halogens is 2. The molecule has 2 rings (SSSR count). The van der Waals surface area contributed by atoms with Gasteiger partial charge in [0.2, 0.25) is 0 Å². The number of carbonyl (C=O) groups is 1. The summed E-state index contributed by atoms with van der Waals surface area (Å²) in [5.74, 6) is -0.532. The van der Waals surface area contributed by atoms with Crippen LogP contribution >= 0.6 is 11.6 Å². The first-order valence-corrected chi connectivity index (χ1v) is 7.91. The molecule has 0 unspecified atom stereocenters. The van der Waals surface area contributed by atoms with Crippen LogP contribution in [0.5, 0.6) is 0 Å². The van der Waals surface area contributed by atoms with Gasteiger partial charge >= 0.3 is 0 Å². The number of carbonyl (C=O) groups excluding carboxylic acids is 1. The van der Waals surface area contributed by atoms with Crippen LogP contribution in [0.1, 0.15) is 21.9 Å². The van der Waals surface area contributed by atoms with Crippen LogP contribution in [0.4, 0.5) is 4.39 Å². The summed E-state index contributed by atoms with van der Waals surface area (Å²) < 4.78 is 42.2. The van der Waals surface area contributed by atoms with Crippen molar-refractivity contribution < 1.29 is 22.0 Å². The molecule has 1 aromatic heterocycles. The van der Waals surface area contributed by atoms with Crippen molar-refractivity contribution in [2.75, 3.05) is 0 Å². The van der Waals surface area contributed by atoms with Gasteiger partial charge in [-0.1, -0.05) is 11.6 Å². The molecule has 0 fully saturated rings.